The normalized spacial score (nSPS) is 23.9. The predicted molar refractivity (Wildman–Crippen MR) is 59.7 cm³/mol. The number of carbonyl (C=O) groups is 1. The molecular weight excluding hydrogens is 194 g/mol. The summed E-state index contributed by atoms with van der Waals surface area (Å²) >= 11 is 0. The number of nitrogens with zero attached hydrogens (tertiary/aromatic N) is 1. The first-order valence-electron chi connectivity index (χ1n) is 5.40. The second-order valence-electron chi connectivity index (χ2n) is 4.77. The third-order valence-corrected chi connectivity index (χ3v) is 4.93. The van der Waals surface area contributed by atoms with Crippen LogP contribution >= 0.6 is 0 Å². The molecule has 1 aliphatic heterocycles. The van der Waals surface area contributed by atoms with Crippen LogP contribution in [0.4, 0.5) is 0 Å². The van der Waals surface area contributed by atoms with E-state index in [9.17, 15) is 4.79 Å². The molecule has 0 saturated carbocycles. The molecule has 0 radical (unpaired) electrons. The highest BCUT2D eigenvalue weighted by atomic mass is 28.3. The fourth-order valence-corrected chi connectivity index (χ4v) is 4.05. The second kappa shape index (κ2) is 4.44. The maximum atomic E-state index is 11.7. The van der Waals surface area contributed by atoms with E-state index >= 15 is 0 Å². The van der Waals surface area contributed by atoms with E-state index in [1.165, 1.54) is 0 Å². The van der Waals surface area contributed by atoms with Crippen LogP contribution in [0, 0.1) is 0 Å². The standard InChI is InChI=1S/C10H21NO2Si/c1-5-13-10(12)9-7-6-8-11(9)14(2,3)4/h9H,5-8H2,1-4H3/t9-/m0/s1. The maximum Gasteiger partial charge on any atom is 0.322 e. The average molecular weight is 215 g/mol. The third-order valence-electron chi connectivity index (χ3n) is 2.67. The Morgan fingerprint density at radius 1 is 1.50 bits per heavy atom. The minimum Gasteiger partial charge on any atom is -0.465 e. The average Bonchev–Trinajstić information content (AvgIpc) is 2.50. The molecule has 1 fully saturated rings. The summed E-state index contributed by atoms with van der Waals surface area (Å²) < 4.78 is 7.47. The molecule has 0 amide bonds. The number of hydrogen-bond donors (Lipinski definition) is 0. The van der Waals surface area contributed by atoms with Gasteiger partial charge >= 0.3 is 5.97 Å². The minimum atomic E-state index is -1.35. The van der Waals surface area contributed by atoms with Crippen LogP contribution < -0.4 is 0 Å². The molecule has 14 heavy (non-hydrogen) atoms. The molecule has 1 heterocycles. The molecule has 3 nitrogen and oxygen atoms in total. The van der Waals surface area contributed by atoms with Crippen molar-refractivity contribution in [1.82, 2.24) is 4.57 Å². The Morgan fingerprint density at radius 2 is 2.14 bits per heavy atom. The zero-order valence-corrected chi connectivity index (χ0v) is 10.7. The Kier molecular flexibility index (Phi) is 3.72. The van der Waals surface area contributed by atoms with Crippen LogP contribution in [0.2, 0.25) is 19.6 Å². The molecule has 0 aromatic heterocycles. The van der Waals surface area contributed by atoms with Crippen molar-refractivity contribution in [3.05, 3.63) is 0 Å². The molecule has 1 rings (SSSR count). The fraction of sp³-hybridized carbons (Fsp3) is 0.900. The Hall–Kier alpha value is -0.353. The number of rotatable bonds is 3. The van der Waals surface area contributed by atoms with Crippen molar-refractivity contribution in [3.63, 3.8) is 0 Å². The largest absolute Gasteiger partial charge is 0.465 e. The zero-order chi connectivity index (χ0) is 10.8. The van der Waals surface area contributed by atoms with Crippen LogP contribution in [0.5, 0.6) is 0 Å². The highest BCUT2D eigenvalue weighted by Gasteiger charge is 2.38. The van der Waals surface area contributed by atoms with Gasteiger partial charge in [-0.2, -0.15) is 0 Å². The summed E-state index contributed by atoms with van der Waals surface area (Å²) in [6.07, 6.45) is 2.11. The minimum absolute atomic E-state index is 0.0209. The van der Waals surface area contributed by atoms with E-state index in [-0.39, 0.29) is 12.0 Å². The smallest absolute Gasteiger partial charge is 0.322 e. The molecule has 1 aliphatic rings. The van der Waals surface area contributed by atoms with E-state index in [1.54, 1.807) is 0 Å². The van der Waals surface area contributed by atoms with Crippen molar-refractivity contribution in [2.24, 2.45) is 0 Å². The zero-order valence-electron chi connectivity index (χ0n) is 9.67. The van der Waals surface area contributed by atoms with Crippen LogP contribution in [0.25, 0.3) is 0 Å². The molecule has 0 aliphatic carbocycles. The molecule has 0 unspecified atom stereocenters. The van der Waals surface area contributed by atoms with Crippen LogP contribution in [0.3, 0.4) is 0 Å². The van der Waals surface area contributed by atoms with Crippen molar-refractivity contribution in [3.8, 4) is 0 Å². The van der Waals surface area contributed by atoms with Crippen molar-refractivity contribution in [2.45, 2.75) is 45.4 Å². The van der Waals surface area contributed by atoms with Gasteiger partial charge < -0.3 is 9.30 Å². The Morgan fingerprint density at radius 3 is 2.64 bits per heavy atom. The molecule has 4 heteroatoms. The van der Waals surface area contributed by atoms with E-state index in [0.29, 0.717) is 6.61 Å². The van der Waals surface area contributed by atoms with Gasteiger partial charge in [0.05, 0.1) is 6.61 Å². The topological polar surface area (TPSA) is 29.5 Å². The van der Waals surface area contributed by atoms with E-state index in [1.807, 2.05) is 6.92 Å². The van der Waals surface area contributed by atoms with Gasteiger partial charge in [0.1, 0.15) is 14.3 Å². The SMILES string of the molecule is CCOC(=O)[C@@H]1CCCN1[Si](C)(C)C. The molecule has 1 saturated heterocycles. The fourth-order valence-electron chi connectivity index (χ4n) is 2.05. The van der Waals surface area contributed by atoms with Crippen LogP contribution in [-0.4, -0.2) is 38.0 Å². The molecule has 82 valence electrons. The molecule has 0 N–H and O–H groups in total. The van der Waals surface area contributed by atoms with Gasteiger partial charge in [-0.05, 0) is 26.3 Å². The van der Waals surface area contributed by atoms with E-state index in [4.69, 9.17) is 4.74 Å². The van der Waals surface area contributed by atoms with Gasteiger partial charge in [-0.1, -0.05) is 19.6 Å². The van der Waals surface area contributed by atoms with Crippen molar-refractivity contribution in [1.29, 1.82) is 0 Å². The lowest BCUT2D eigenvalue weighted by atomic mass is 10.2. The quantitative estimate of drug-likeness (QED) is 0.531. The summed E-state index contributed by atoms with van der Waals surface area (Å²) in [6, 6.07) is 0.0432. The number of carbonyl (C=O) groups excluding carboxylic acids is 1. The number of esters is 1. The first-order chi connectivity index (χ1) is 6.46. The van der Waals surface area contributed by atoms with Crippen molar-refractivity contribution in [2.75, 3.05) is 13.2 Å². The van der Waals surface area contributed by atoms with Gasteiger partial charge in [0.25, 0.3) is 0 Å². The van der Waals surface area contributed by atoms with Crippen LogP contribution in [0.1, 0.15) is 19.8 Å². The lowest BCUT2D eigenvalue weighted by Gasteiger charge is -2.34. The van der Waals surface area contributed by atoms with Crippen LogP contribution in [0.15, 0.2) is 0 Å². The van der Waals surface area contributed by atoms with E-state index in [2.05, 4.69) is 24.2 Å². The van der Waals surface area contributed by atoms with Gasteiger partial charge in [-0.3, -0.25) is 4.79 Å². The summed E-state index contributed by atoms with van der Waals surface area (Å²) in [6.45, 7) is 10.3. The summed E-state index contributed by atoms with van der Waals surface area (Å²) in [7, 11) is -1.35. The van der Waals surface area contributed by atoms with E-state index < -0.39 is 8.24 Å². The van der Waals surface area contributed by atoms with Crippen molar-refractivity contribution >= 4 is 14.2 Å². The predicted octanol–water partition coefficient (Wildman–Crippen LogP) is 1.85. The number of hydrogen-bond acceptors (Lipinski definition) is 3. The third kappa shape index (κ3) is 2.57. The second-order valence-corrected chi connectivity index (χ2v) is 9.69. The molecule has 0 bridgehead atoms. The first kappa shape index (κ1) is 11.7. The molecule has 0 aromatic carbocycles. The van der Waals surface area contributed by atoms with Gasteiger partial charge in [-0.15, -0.1) is 0 Å². The summed E-state index contributed by atoms with van der Waals surface area (Å²) in [5.41, 5.74) is 0. The van der Waals surface area contributed by atoms with Gasteiger partial charge in [-0.25, -0.2) is 0 Å². The monoisotopic (exact) mass is 215 g/mol. The maximum absolute atomic E-state index is 11.7. The van der Waals surface area contributed by atoms with Gasteiger partial charge in [0.2, 0.25) is 0 Å². The Bertz CT molecular complexity index is 213. The summed E-state index contributed by atoms with van der Waals surface area (Å²) in [4.78, 5) is 11.7. The first-order valence-corrected chi connectivity index (χ1v) is 8.85. The Balaban J connectivity index is 2.64. The molecule has 0 spiro atoms. The summed E-state index contributed by atoms with van der Waals surface area (Å²) in [5.74, 6) is -0.0209. The van der Waals surface area contributed by atoms with Crippen molar-refractivity contribution < 1.29 is 9.53 Å². The number of ether oxygens (including phenoxy) is 1. The van der Waals surface area contributed by atoms with Gasteiger partial charge in [0, 0.05) is 0 Å². The lowest BCUT2D eigenvalue weighted by Crippen LogP contribution is -2.51. The van der Waals surface area contributed by atoms with E-state index in [0.717, 1.165) is 19.4 Å². The highest BCUT2D eigenvalue weighted by Crippen LogP contribution is 2.24. The summed E-state index contributed by atoms with van der Waals surface area (Å²) in [5, 5.41) is 0. The Labute approximate surface area is 87.5 Å². The molecule has 0 aromatic rings. The van der Waals surface area contributed by atoms with Gasteiger partial charge in [0.15, 0.2) is 0 Å². The lowest BCUT2D eigenvalue weighted by molar-refractivity contribution is -0.147. The van der Waals surface area contributed by atoms with Crippen LogP contribution in [-0.2, 0) is 9.53 Å². The molecule has 1 atom stereocenters. The highest BCUT2D eigenvalue weighted by molar-refractivity contribution is 6.73. The molecular formula is C10H21NO2Si.